The highest BCUT2D eigenvalue weighted by atomic mass is 19.4. The minimum Gasteiger partial charge on any atom is -0.466 e. The molecule has 1 atom stereocenters. The maximum Gasteiger partial charge on any atom is 0.416 e. The van der Waals surface area contributed by atoms with E-state index in [4.69, 9.17) is 14.2 Å². The monoisotopic (exact) mass is 425 g/mol. The summed E-state index contributed by atoms with van der Waals surface area (Å²) in [6.45, 7) is 1.06. The molecule has 1 fully saturated rings. The average Bonchev–Trinajstić information content (AvgIpc) is 3.24. The minimum atomic E-state index is -4.49. The zero-order valence-corrected chi connectivity index (χ0v) is 16.6. The van der Waals surface area contributed by atoms with Gasteiger partial charge in [0, 0.05) is 25.6 Å². The van der Waals surface area contributed by atoms with Crippen LogP contribution < -0.4 is 0 Å². The minimum absolute atomic E-state index is 0.0575. The largest absolute Gasteiger partial charge is 0.466 e. The Balaban J connectivity index is 2.01. The second kappa shape index (κ2) is 8.91. The Labute approximate surface area is 171 Å². The van der Waals surface area contributed by atoms with Crippen molar-refractivity contribution < 1.29 is 37.0 Å². The van der Waals surface area contributed by atoms with Gasteiger partial charge in [0.25, 0.3) is 0 Å². The summed E-state index contributed by atoms with van der Waals surface area (Å²) in [4.78, 5) is 26.7. The molecule has 0 N–H and O–H groups in total. The molecule has 0 radical (unpaired) electrons. The number of esters is 2. The molecule has 2 aliphatic rings. The molecule has 6 nitrogen and oxygen atoms in total. The van der Waals surface area contributed by atoms with Crippen molar-refractivity contribution in [2.24, 2.45) is 0 Å². The van der Waals surface area contributed by atoms with Gasteiger partial charge in [0.2, 0.25) is 0 Å². The van der Waals surface area contributed by atoms with Gasteiger partial charge in [0.15, 0.2) is 0 Å². The lowest BCUT2D eigenvalue weighted by atomic mass is 9.83. The molecule has 9 heteroatoms. The summed E-state index contributed by atoms with van der Waals surface area (Å²) in [6, 6.07) is 4.32. The number of carbonyl (C=O) groups excluding carboxylic acids is 2. The molecular weight excluding hydrogens is 403 g/mol. The van der Waals surface area contributed by atoms with Crippen molar-refractivity contribution >= 4 is 11.9 Å². The van der Waals surface area contributed by atoms with Crippen molar-refractivity contribution in [2.45, 2.75) is 31.0 Å². The number of ether oxygens (including phenoxy) is 3. The molecule has 0 unspecified atom stereocenters. The quantitative estimate of drug-likeness (QED) is 0.674. The van der Waals surface area contributed by atoms with Crippen LogP contribution in [0.15, 0.2) is 47.8 Å². The van der Waals surface area contributed by atoms with E-state index in [1.165, 1.54) is 26.4 Å². The second-order valence-corrected chi connectivity index (χ2v) is 7.04. The van der Waals surface area contributed by atoms with Gasteiger partial charge in [-0.15, -0.1) is 0 Å². The SMILES string of the molecule is COC(=O)C1=CN(C[C@H]2CCCO2)C=C(C(=O)OC)C1c1ccc(C(F)(F)F)cc1. The Bertz CT molecular complexity index is 820. The zero-order chi connectivity index (χ0) is 21.9. The summed E-state index contributed by atoms with van der Waals surface area (Å²) in [5.41, 5.74) is -0.237. The van der Waals surface area contributed by atoms with E-state index < -0.39 is 29.6 Å². The van der Waals surface area contributed by atoms with Crippen LogP contribution in [0.5, 0.6) is 0 Å². The Kier molecular flexibility index (Phi) is 6.50. The lowest BCUT2D eigenvalue weighted by Crippen LogP contribution is -2.32. The first-order valence-corrected chi connectivity index (χ1v) is 9.39. The summed E-state index contributed by atoms with van der Waals surface area (Å²) in [6.07, 6.45) is 0.309. The molecule has 0 bridgehead atoms. The van der Waals surface area contributed by atoms with Crippen molar-refractivity contribution in [3.63, 3.8) is 0 Å². The van der Waals surface area contributed by atoms with Gasteiger partial charge in [-0.2, -0.15) is 13.2 Å². The van der Waals surface area contributed by atoms with E-state index in [9.17, 15) is 22.8 Å². The molecule has 0 saturated carbocycles. The van der Waals surface area contributed by atoms with Gasteiger partial charge in [-0.1, -0.05) is 12.1 Å². The van der Waals surface area contributed by atoms with Crippen LogP contribution in [-0.4, -0.2) is 50.3 Å². The maximum atomic E-state index is 12.9. The fourth-order valence-electron chi connectivity index (χ4n) is 3.64. The lowest BCUT2D eigenvalue weighted by molar-refractivity contribution is -0.138. The third-order valence-corrected chi connectivity index (χ3v) is 5.08. The molecule has 2 aliphatic heterocycles. The van der Waals surface area contributed by atoms with E-state index >= 15 is 0 Å². The van der Waals surface area contributed by atoms with Gasteiger partial charge in [-0.3, -0.25) is 0 Å². The number of nitrogens with zero attached hydrogens (tertiary/aromatic N) is 1. The van der Waals surface area contributed by atoms with E-state index in [-0.39, 0.29) is 17.3 Å². The molecule has 3 rings (SSSR count). The lowest BCUT2D eigenvalue weighted by Gasteiger charge is -2.31. The predicted molar refractivity (Wildman–Crippen MR) is 100 cm³/mol. The normalized spacial score (nSPS) is 19.9. The smallest absolute Gasteiger partial charge is 0.416 e. The second-order valence-electron chi connectivity index (χ2n) is 7.04. The van der Waals surface area contributed by atoms with Crippen LogP contribution in [0, 0.1) is 0 Å². The summed E-state index contributed by atoms with van der Waals surface area (Å²) in [7, 11) is 2.40. The fourth-order valence-corrected chi connectivity index (χ4v) is 3.64. The van der Waals surface area contributed by atoms with Gasteiger partial charge in [-0.25, -0.2) is 9.59 Å². The van der Waals surface area contributed by atoms with Crippen LogP contribution >= 0.6 is 0 Å². The summed E-state index contributed by atoms with van der Waals surface area (Å²) < 4.78 is 54.2. The van der Waals surface area contributed by atoms with Gasteiger partial charge < -0.3 is 19.1 Å². The first-order chi connectivity index (χ1) is 14.2. The van der Waals surface area contributed by atoms with E-state index in [2.05, 4.69) is 0 Å². The first-order valence-electron chi connectivity index (χ1n) is 9.39. The molecule has 0 aliphatic carbocycles. The van der Waals surface area contributed by atoms with Crippen molar-refractivity contribution in [2.75, 3.05) is 27.4 Å². The Morgan fingerprint density at radius 2 is 1.63 bits per heavy atom. The van der Waals surface area contributed by atoms with Crippen LogP contribution in [0.2, 0.25) is 0 Å². The molecule has 162 valence electrons. The van der Waals surface area contributed by atoms with Crippen molar-refractivity contribution in [3.05, 3.63) is 58.9 Å². The standard InChI is InChI=1S/C21H22F3NO5/c1-28-19(26)16-11-25(10-15-4-3-9-30-15)12-17(20(27)29-2)18(16)13-5-7-14(8-6-13)21(22,23)24/h5-8,11-12,15,18H,3-4,9-10H2,1-2H3/t15-/m1/s1. The van der Waals surface area contributed by atoms with E-state index in [0.717, 1.165) is 25.0 Å². The summed E-state index contributed by atoms with van der Waals surface area (Å²) in [5.74, 6) is -2.30. The number of halogens is 3. The molecule has 0 spiro atoms. The Morgan fingerprint density at radius 1 is 1.07 bits per heavy atom. The highest BCUT2D eigenvalue weighted by Gasteiger charge is 2.37. The van der Waals surface area contributed by atoms with E-state index in [1.54, 1.807) is 17.3 Å². The van der Waals surface area contributed by atoms with E-state index in [1.807, 2.05) is 0 Å². The predicted octanol–water partition coefficient (Wildman–Crippen LogP) is 3.40. The first kappa shape index (κ1) is 21.9. The van der Waals surface area contributed by atoms with Gasteiger partial charge in [0.1, 0.15) is 0 Å². The van der Waals surface area contributed by atoms with Crippen LogP contribution in [0.25, 0.3) is 0 Å². The Hall–Kier alpha value is -2.81. The number of alkyl halides is 3. The highest BCUT2D eigenvalue weighted by molar-refractivity contribution is 5.98. The van der Waals surface area contributed by atoms with Gasteiger partial charge in [-0.05, 0) is 30.5 Å². The van der Waals surface area contributed by atoms with Crippen LogP contribution in [-0.2, 0) is 30.0 Å². The zero-order valence-electron chi connectivity index (χ0n) is 16.6. The number of hydrogen-bond donors (Lipinski definition) is 0. The van der Waals surface area contributed by atoms with Crippen molar-refractivity contribution in [1.29, 1.82) is 0 Å². The molecule has 0 amide bonds. The fraction of sp³-hybridized carbons (Fsp3) is 0.429. The van der Waals surface area contributed by atoms with Crippen molar-refractivity contribution in [1.82, 2.24) is 4.90 Å². The molecule has 1 aromatic rings. The molecular formula is C21H22F3NO5. The van der Waals surface area contributed by atoms with Crippen LogP contribution in [0.4, 0.5) is 13.2 Å². The third-order valence-electron chi connectivity index (χ3n) is 5.08. The van der Waals surface area contributed by atoms with E-state index in [0.29, 0.717) is 18.7 Å². The van der Waals surface area contributed by atoms with Crippen molar-refractivity contribution in [3.8, 4) is 0 Å². The van der Waals surface area contributed by atoms with Gasteiger partial charge in [0.05, 0.1) is 43.0 Å². The maximum absolute atomic E-state index is 12.9. The number of methoxy groups -OCH3 is 2. The molecule has 2 heterocycles. The number of rotatable bonds is 5. The molecule has 30 heavy (non-hydrogen) atoms. The Morgan fingerprint density at radius 3 is 2.07 bits per heavy atom. The number of benzene rings is 1. The number of hydrogen-bond acceptors (Lipinski definition) is 6. The third kappa shape index (κ3) is 4.67. The molecule has 0 aromatic heterocycles. The summed E-state index contributed by atoms with van der Waals surface area (Å²) in [5, 5.41) is 0. The molecule has 1 saturated heterocycles. The van der Waals surface area contributed by atoms with Crippen LogP contribution in [0.3, 0.4) is 0 Å². The molecule has 1 aromatic carbocycles. The topological polar surface area (TPSA) is 65.1 Å². The average molecular weight is 425 g/mol. The number of carbonyl (C=O) groups is 2. The van der Waals surface area contributed by atoms with Gasteiger partial charge >= 0.3 is 18.1 Å². The highest BCUT2D eigenvalue weighted by Crippen LogP contribution is 2.38. The summed E-state index contributed by atoms with van der Waals surface area (Å²) >= 11 is 0. The van der Waals surface area contributed by atoms with Crippen LogP contribution in [0.1, 0.15) is 29.9 Å².